The number of rotatable bonds is 4. The highest BCUT2D eigenvalue weighted by Crippen LogP contribution is 2.17. The van der Waals surface area contributed by atoms with E-state index in [0.717, 1.165) is 12.2 Å². The standard InChI is InChI=1S/C16H22N4O2S/c1-11(2)10-20-12(3)15(9-18-20)16(21)19-23(4,22)14-7-5-13(17)6-8-14/h5-9,11H,10,17H2,1-4H3. The summed E-state index contributed by atoms with van der Waals surface area (Å²) < 4.78 is 18.4. The number of amides is 1. The Morgan fingerprint density at radius 2 is 1.96 bits per heavy atom. The smallest absolute Gasteiger partial charge is 0.288 e. The van der Waals surface area contributed by atoms with Crippen molar-refractivity contribution in [1.82, 2.24) is 9.78 Å². The van der Waals surface area contributed by atoms with Gasteiger partial charge in [-0.15, -0.1) is 0 Å². The SMILES string of the molecule is Cc1c(C(=O)N=S(C)(=O)c2ccc(N)cc2)cnn1CC(C)C. The number of hydrogen-bond acceptors (Lipinski definition) is 4. The van der Waals surface area contributed by atoms with Gasteiger partial charge in [0.15, 0.2) is 0 Å². The zero-order valence-electron chi connectivity index (χ0n) is 13.8. The summed E-state index contributed by atoms with van der Waals surface area (Å²) in [5.41, 5.74) is 7.31. The molecular weight excluding hydrogens is 312 g/mol. The first-order valence-electron chi connectivity index (χ1n) is 7.35. The Morgan fingerprint density at radius 3 is 2.52 bits per heavy atom. The third-order valence-corrected chi connectivity index (χ3v) is 5.11. The quantitative estimate of drug-likeness (QED) is 0.870. The van der Waals surface area contributed by atoms with E-state index in [4.69, 9.17) is 5.73 Å². The van der Waals surface area contributed by atoms with Crippen molar-refractivity contribution >= 4 is 21.3 Å². The molecular formula is C16H22N4O2S. The molecule has 0 aliphatic heterocycles. The van der Waals surface area contributed by atoms with E-state index in [1.807, 2.05) is 6.92 Å². The van der Waals surface area contributed by atoms with Crippen LogP contribution in [0.15, 0.2) is 39.7 Å². The molecule has 0 bridgehead atoms. The summed E-state index contributed by atoms with van der Waals surface area (Å²) in [6, 6.07) is 6.54. The molecule has 6 nitrogen and oxygen atoms in total. The van der Waals surface area contributed by atoms with Gasteiger partial charge in [0.25, 0.3) is 5.91 Å². The highest BCUT2D eigenvalue weighted by atomic mass is 32.2. The fourth-order valence-electron chi connectivity index (χ4n) is 2.17. The predicted octanol–water partition coefficient (Wildman–Crippen LogP) is 2.73. The van der Waals surface area contributed by atoms with Gasteiger partial charge in [-0.1, -0.05) is 13.8 Å². The van der Waals surface area contributed by atoms with Crippen molar-refractivity contribution in [2.75, 3.05) is 12.0 Å². The van der Waals surface area contributed by atoms with Crippen LogP contribution in [-0.2, 0) is 16.3 Å². The molecule has 1 aromatic carbocycles. The Balaban J connectivity index is 2.35. The number of carbonyl (C=O) groups is 1. The van der Waals surface area contributed by atoms with Gasteiger partial charge in [-0.05, 0) is 37.1 Å². The number of nitrogens with two attached hydrogens (primary N) is 1. The molecule has 0 aliphatic rings. The third kappa shape index (κ3) is 3.98. The van der Waals surface area contributed by atoms with Crippen molar-refractivity contribution < 1.29 is 9.00 Å². The molecule has 0 aliphatic carbocycles. The Kier molecular flexibility index (Phi) is 4.89. The highest BCUT2D eigenvalue weighted by molar-refractivity contribution is 7.93. The van der Waals surface area contributed by atoms with Crippen LogP contribution in [0, 0.1) is 12.8 Å². The topological polar surface area (TPSA) is 90.3 Å². The second-order valence-electron chi connectivity index (χ2n) is 5.99. The van der Waals surface area contributed by atoms with E-state index in [9.17, 15) is 9.00 Å². The number of hydrogen-bond donors (Lipinski definition) is 1. The number of nitrogens with zero attached hydrogens (tertiary/aromatic N) is 3. The molecule has 1 amide bonds. The van der Waals surface area contributed by atoms with Crippen molar-refractivity contribution in [1.29, 1.82) is 0 Å². The maximum absolute atomic E-state index is 12.7. The Bertz CT molecular complexity index is 828. The van der Waals surface area contributed by atoms with Gasteiger partial charge in [0, 0.05) is 29.1 Å². The maximum Gasteiger partial charge on any atom is 0.288 e. The van der Waals surface area contributed by atoms with E-state index in [0.29, 0.717) is 22.1 Å². The second kappa shape index (κ2) is 6.54. The van der Waals surface area contributed by atoms with Gasteiger partial charge in [0.1, 0.15) is 0 Å². The number of aromatic nitrogens is 2. The minimum atomic E-state index is -2.82. The number of anilines is 1. The average Bonchev–Trinajstić information content (AvgIpc) is 2.79. The van der Waals surface area contributed by atoms with Crippen molar-refractivity contribution in [3.63, 3.8) is 0 Å². The van der Waals surface area contributed by atoms with Gasteiger partial charge < -0.3 is 5.73 Å². The Hall–Kier alpha value is -2.15. The molecule has 23 heavy (non-hydrogen) atoms. The molecule has 7 heteroatoms. The summed E-state index contributed by atoms with van der Waals surface area (Å²) in [6.07, 6.45) is 2.94. The molecule has 0 saturated carbocycles. The summed E-state index contributed by atoms with van der Waals surface area (Å²) >= 11 is 0. The first-order chi connectivity index (χ1) is 10.7. The maximum atomic E-state index is 12.7. The van der Waals surface area contributed by atoms with Crippen molar-refractivity contribution in [2.24, 2.45) is 10.3 Å². The van der Waals surface area contributed by atoms with Gasteiger partial charge in [-0.25, -0.2) is 4.21 Å². The van der Waals surface area contributed by atoms with Crippen LogP contribution in [0.5, 0.6) is 0 Å². The first kappa shape index (κ1) is 17.2. The minimum Gasteiger partial charge on any atom is -0.399 e. The van der Waals surface area contributed by atoms with Gasteiger partial charge >= 0.3 is 0 Å². The molecule has 1 heterocycles. The lowest BCUT2D eigenvalue weighted by Gasteiger charge is -2.07. The van der Waals surface area contributed by atoms with Gasteiger partial charge in [0.05, 0.1) is 21.5 Å². The molecule has 0 fully saturated rings. The van der Waals surface area contributed by atoms with Crippen LogP contribution < -0.4 is 5.73 Å². The summed E-state index contributed by atoms with van der Waals surface area (Å²) in [5.74, 6) is -0.0968. The minimum absolute atomic E-state index is 0.385. The lowest BCUT2D eigenvalue weighted by atomic mass is 10.2. The molecule has 2 rings (SSSR count). The van der Waals surface area contributed by atoms with Gasteiger partial charge in [-0.3, -0.25) is 9.48 Å². The normalized spacial score (nSPS) is 13.8. The lowest BCUT2D eigenvalue weighted by Crippen LogP contribution is -2.09. The average molecular weight is 334 g/mol. The fraction of sp³-hybridized carbons (Fsp3) is 0.375. The molecule has 2 aromatic rings. The molecule has 2 N–H and O–H groups in total. The third-order valence-electron chi connectivity index (χ3n) is 3.45. The van der Waals surface area contributed by atoms with Crippen LogP contribution in [0.3, 0.4) is 0 Å². The molecule has 124 valence electrons. The molecule has 0 saturated heterocycles. The predicted molar refractivity (Wildman–Crippen MR) is 91.7 cm³/mol. The van der Waals surface area contributed by atoms with Crippen LogP contribution in [0.1, 0.15) is 29.9 Å². The zero-order valence-corrected chi connectivity index (χ0v) is 14.6. The van der Waals surface area contributed by atoms with E-state index in [-0.39, 0.29) is 0 Å². The van der Waals surface area contributed by atoms with E-state index in [1.54, 1.807) is 28.9 Å². The van der Waals surface area contributed by atoms with Gasteiger partial charge in [-0.2, -0.15) is 9.46 Å². The summed E-state index contributed by atoms with van der Waals surface area (Å²) in [7, 11) is -2.82. The van der Waals surface area contributed by atoms with Crippen molar-refractivity contribution in [3.05, 3.63) is 41.7 Å². The molecule has 1 atom stereocenters. The van der Waals surface area contributed by atoms with Crippen LogP contribution in [0.4, 0.5) is 5.69 Å². The van der Waals surface area contributed by atoms with E-state index >= 15 is 0 Å². The van der Waals surface area contributed by atoms with Crippen molar-refractivity contribution in [2.45, 2.75) is 32.2 Å². The highest BCUT2D eigenvalue weighted by Gasteiger charge is 2.17. The fourth-order valence-corrected chi connectivity index (χ4v) is 3.33. The monoisotopic (exact) mass is 334 g/mol. The molecule has 1 aromatic heterocycles. The number of benzene rings is 1. The van der Waals surface area contributed by atoms with Crippen LogP contribution >= 0.6 is 0 Å². The van der Waals surface area contributed by atoms with E-state index in [2.05, 4.69) is 23.3 Å². The first-order valence-corrected chi connectivity index (χ1v) is 9.27. The molecule has 0 spiro atoms. The Morgan fingerprint density at radius 1 is 1.35 bits per heavy atom. The second-order valence-corrected chi connectivity index (χ2v) is 8.25. The zero-order chi connectivity index (χ0) is 17.2. The van der Waals surface area contributed by atoms with Crippen LogP contribution in [0.25, 0.3) is 0 Å². The largest absolute Gasteiger partial charge is 0.399 e. The van der Waals surface area contributed by atoms with Crippen molar-refractivity contribution in [3.8, 4) is 0 Å². The van der Waals surface area contributed by atoms with Gasteiger partial charge in [0.2, 0.25) is 0 Å². The Labute approximate surface area is 136 Å². The summed E-state index contributed by atoms with van der Waals surface area (Å²) in [4.78, 5) is 12.9. The molecule has 1 unspecified atom stereocenters. The van der Waals surface area contributed by atoms with E-state index in [1.165, 1.54) is 12.5 Å². The summed E-state index contributed by atoms with van der Waals surface area (Å²) in [6.45, 7) is 6.69. The van der Waals surface area contributed by atoms with Crippen LogP contribution in [0.2, 0.25) is 0 Å². The number of carbonyl (C=O) groups excluding carboxylic acids is 1. The van der Waals surface area contributed by atoms with Crippen LogP contribution in [-0.4, -0.2) is 26.2 Å². The number of nitrogen functional groups attached to an aromatic ring is 1. The lowest BCUT2D eigenvalue weighted by molar-refractivity contribution is 0.100. The van der Waals surface area contributed by atoms with E-state index < -0.39 is 15.6 Å². The molecule has 0 radical (unpaired) electrons. The summed E-state index contributed by atoms with van der Waals surface area (Å²) in [5, 5.41) is 4.22.